The maximum absolute atomic E-state index is 6.09. The van der Waals surface area contributed by atoms with Crippen molar-refractivity contribution in [3.8, 4) is 0 Å². The van der Waals surface area contributed by atoms with Crippen molar-refractivity contribution in [2.75, 3.05) is 20.6 Å². The zero-order valence-corrected chi connectivity index (χ0v) is 13.0. The van der Waals surface area contributed by atoms with Crippen LogP contribution in [0.3, 0.4) is 0 Å². The van der Waals surface area contributed by atoms with Crippen molar-refractivity contribution >= 4 is 11.6 Å². The van der Waals surface area contributed by atoms with Crippen LogP contribution in [0.2, 0.25) is 5.02 Å². The first kappa shape index (κ1) is 14.8. The number of rotatable bonds is 6. The van der Waals surface area contributed by atoms with Crippen molar-refractivity contribution < 1.29 is 0 Å². The maximum Gasteiger partial charge on any atom is 0.0409 e. The van der Waals surface area contributed by atoms with Gasteiger partial charge in [-0.25, -0.2) is 0 Å². The third kappa shape index (κ3) is 3.31. The third-order valence-corrected chi connectivity index (χ3v) is 4.80. The number of hydrogen-bond donors (Lipinski definition) is 1. The van der Waals surface area contributed by atoms with Gasteiger partial charge in [0.1, 0.15) is 0 Å². The van der Waals surface area contributed by atoms with Crippen LogP contribution in [-0.2, 0) is 0 Å². The van der Waals surface area contributed by atoms with Crippen LogP contribution in [0, 0.1) is 0 Å². The van der Waals surface area contributed by atoms with Crippen LogP contribution in [0.4, 0.5) is 0 Å². The molecule has 2 rings (SSSR count). The molecule has 1 aliphatic carbocycles. The van der Waals surface area contributed by atoms with Gasteiger partial charge in [0.25, 0.3) is 0 Å². The van der Waals surface area contributed by atoms with E-state index in [1.54, 1.807) is 0 Å². The number of hydrogen-bond acceptors (Lipinski definition) is 2. The van der Waals surface area contributed by atoms with E-state index in [0.29, 0.717) is 11.6 Å². The zero-order valence-electron chi connectivity index (χ0n) is 12.2. The third-order valence-electron chi connectivity index (χ3n) is 4.57. The summed E-state index contributed by atoms with van der Waals surface area (Å²) in [5, 5.41) is 4.56. The fourth-order valence-electron chi connectivity index (χ4n) is 2.90. The molecule has 0 aromatic heterocycles. The Labute approximate surface area is 122 Å². The highest BCUT2D eigenvalue weighted by Gasteiger charge is 2.38. The fraction of sp³-hybridized carbons (Fsp3) is 0.625. The first-order chi connectivity index (χ1) is 9.07. The molecule has 1 saturated carbocycles. The van der Waals surface area contributed by atoms with Gasteiger partial charge in [-0.3, -0.25) is 0 Å². The molecule has 2 nitrogen and oxygen atoms in total. The Bertz CT molecular complexity index is 413. The second-order valence-electron chi connectivity index (χ2n) is 5.87. The van der Waals surface area contributed by atoms with Crippen molar-refractivity contribution in [1.82, 2.24) is 10.2 Å². The topological polar surface area (TPSA) is 15.3 Å². The number of nitrogens with zero attached hydrogens (tertiary/aromatic N) is 1. The van der Waals surface area contributed by atoms with Gasteiger partial charge in [0.2, 0.25) is 0 Å². The van der Waals surface area contributed by atoms with E-state index < -0.39 is 0 Å². The molecule has 1 aromatic carbocycles. The lowest BCUT2D eigenvalue weighted by atomic mass is 9.75. The first-order valence-electron chi connectivity index (χ1n) is 7.24. The smallest absolute Gasteiger partial charge is 0.0409 e. The van der Waals surface area contributed by atoms with Gasteiger partial charge in [0, 0.05) is 23.1 Å². The highest BCUT2D eigenvalue weighted by Crippen LogP contribution is 2.36. The highest BCUT2D eigenvalue weighted by atomic mass is 35.5. The number of halogens is 1. The Morgan fingerprint density at radius 3 is 2.58 bits per heavy atom. The fourth-order valence-corrected chi connectivity index (χ4v) is 3.10. The first-order valence-corrected chi connectivity index (χ1v) is 7.61. The predicted molar refractivity (Wildman–Crippen MR) is 82.8 cm³/mol. The second-order valence-corrected chi connectivity index (χ2v) is 6.31. The molecule has 0 bridgehead atoms. The van der Waals surface area contributed by atoms with Crippen LogP contribution in [0.25, 0.3) is 0 Å². The normalized spacial score (nSPS) is 19.2. The molecule has 106 valence electrons. The molecule has 19 heavy (non-hydrogen) atoms. The zero-order chi connectivity index (χ0) is 13.9. The molecule has 0 aliphatic heterocycles. The van der Waals surface area contributed by atoms with Gasteiger partial charge in [-0.2, -0.15) is 0 Å². The second kappa shape index (κ2) is 6.25. The van der Waals surface area contributed by atoms with Gasteiger partial charge in [-0.15, -0.1) is 0 Å². The Hall–Kier alpha value is -0.570. The Balaban J connectivity index is 2.00. The van der Waals surface area contributed by atoms with E-state index in [9.17, 15) is 0 Å². The SMILES string of the molecule is CCC(NCC1(N(C)C)CCC1)c1cccc(Cl)c1. The van der Waals surface area contributed by atoms with Crippen molar-refractivity contribution in [3.63, 3.8) is 0 Å². The lowest BCUT2D eigenvalue weighted by Crippen LogP contribution is -2.56. The molecule has 0 heterocycles. The summed E-state index contributed by atoms with van der Waals surface area (Å²) in [6.07, 6.45) is 5.05. The number of likely N-dealkylation sites (N-methyl/N-ethyl adjacent to an activating group) is 1. The summed E-state index contributed by atoms with van der Waals surface area (Å²) in [6.45, 7) is 3.28. The van der Waals surface area contributed by atoms with Gasteiger partial charge < -0.3 is 10.2 Å². The van der Waals surface area contributed by atoms with Gasteiger partial charge in [-0.1, -0.05) is 30.7 Å². The average molecular weight is 281 g/mol. The predicted octanol–water partition coefficient (Wildman–Crippen LogP) is 3.87. The van der Waals surface area contributed by atoms with Crippen LogP contribution < -0.4 is 5.32 Å². The van der Waals surface area contributed by atoms with Crippen LogP contribution in [0.1, 0.15) is 44.2 Å². The molecule has 1 unspecified atom stereocenters. The molecule has 0 amide bonds. The Morgan fingerprint density at radius 1 is 1.37 bits per heavy atom. The Morgan fingerprint density at radius 2 is 2.11 bits per heavy atom. The molecule has 0 saturated heterocycles. The minimum atomic E-state index is 0.367. The summed E-state index contributed by atoms with van der Waals surface area (Å²) in [6, 6.07) is 8.61. The molecule has 1 N–H and O–H groups in total. The van der Waals surface area contributed by atoms with E-state index in [1.807, 2.05) is 12.1 Å². The quantitative estimate of drug-likeness (QED) is 0.851. The highest BCUT2D eigenvalue weighted by molar-refractivity contribution is 6.30. The van der Waals surface area contributed by atoms with E-state index in [4.69, 9.17) is 11.6 Å². The van der Waals surface area contributed by atoms with E-state index in [2.05, 4.69) is 43.4 Å². The minimum absolute atomic E-state index is 0.367. The monoisotopic (exact) mass is 280 g/mol. The lowest BCUT2D eigenvalue weighted by molar-refractivity contribution is 0.0569. The van der Waals surface area contributed by atoms with E-state index in [-0.39, 0.29) is 0 Å². The van der Waals surface area contributed by atoms with Crippen LogP contribution in [-0.4, -0.2) is 31.1 Å². The van der Waals surface area contributed by atoms with E-state index in [0.717, 1.165) is 18.0 Å². The van der Waals surface area contributed by atoms with Crippen molar-refractivity contribution in [3.05, 3.63) is 34.9 Å². The van der Waals surface area contributed by atoms with E-state index in [1.165, 1.54) is 24.8 Å². The van der Waals surface area contributed by atoms with Gasteiger partial charge >= 0.3 is 0 Å². The molecule has 1 fully saturated rings. The maximum atomic E-state index is 6.09. The van der Waals surface area contributed by atoms with Crippen molar-refractivity contribution in [2.45, 2.75) is 44.2 Å². The largest absolute Gasteiger partial charge is 0.308 e. The van der Waals surface area contributed by atoms with Crippen LogP contribution in [0.15, 0.2) is 24.3 Å². The molecular weight excluding hydrogens is 256 g/mol. The average Bonchev–Trinajstić information content (AvgIpc) is 2.32. The summed E-state index contributed by atoms with van der Waals surface area (Å²) in [5.41, 5.74) is 1.66. The molecule has 0 spiro atoms. The summed E-state index contributed by atoms with van der Waals surface area (Å²) in [5.74, 6) is 0. The Kier molecular flexibility index (Phi) is 4.88. The van der Waals surface area contributed by atoms with Crippen molar-refractivity contribution in [1.29, 1.82) is 0 Å². The summed E-state index contributed by atoms with van der Waals surface area (Å²) < 4.78 is 0. The summed E-state index contributed by atoms with van der Waals surface area (Å²) in [4.78, 5) is 2.38. The van der Waals surface area contributed by atoms with Crippen molar-refractivity contribution in [2.24, 2.45) is 0 Å². The van der Waals surface area contributed by atoms with Gasteiger partial charge in [-0.05, 0) is 57.5 Å². The summed E-state index contributed by atoms with van der Waals surface area (Å²) in [7, 11) is 4.39. The lowest BCUT2D eigenvalue weighted by Gasteiger charge is -2.48. The van der Waals surface area contributed by atoms with Crippen LogP contribution in [0.5, 0.6) is 0 Å². The molecular formula is C16H25ClN2. The van der Waals surface area contributed by atoms with E-state index >= 15 is 0 Å². The standard InChI is InChI=1S/C16H25ClN2/c1-4-15(13-7-5-8-14(17)11-13)18-12-16(19(2)3)9-6-10-16/h5,7-8,11,15,18H,4,6,9-10,12H2,1-3H3. The van der Waals surface area contributed by atoms with Crippen LogP contribution >= 0.6 is 11.6 Å². The molecule has 3 heteroatoms. The molecule has 1 aromatic rings. The molecule has 1 aliphatic rings. The number of benzene rings is 1. The van der Waals surface area contributed by atoms with Gasteiger partial charge in [0.15, 0.2) is 0 Å². The molecule has 1 atom stereocenters. The number of nitrogens with one attached hydrogen (secondary N) is 1. The molecule has 0 radical (unpaired) electrons. The summed E-state index contributed by atoms with van der Waals surface area (Å²) >= 11 is 6.09. The van der Waals surface area contributed by atoms with Gasteiger partial charge in [0.05, 0.1) is 0 Å². The minimum Gasteiger partial charge on any atom is -0.308 e.